The van der Waals surface area contributed by atoms with Crippen LogP contribution in [0.25, 0.3) is 0 Å². The van der Waals surface area contributed by atoms with Crippen molar-refractivity contribution in [2.24, 2.45) is 0 Å². The predicted molar refractivity (Wildman–Crippen MR) is 97.8 cm³/mol. The van der Waals surface area contributed by atoms with Gasteiger partial charge in [0, 0.05) is 17.4 Å². The van der Waals surface area contributed by atoms with Gasteiger partial charge in [0.25, 0.3) is 5.56 Å². The van der Waals surface area contributed by atoms with Crippen LogP contribution in [0.4, 0.5) is 10.5 Å². The highest BCUT2D eigenvalue weighted by atomic mass is 32.2. The van der Waals surface area contributed by atoms with Crippen molar-refractivity contribution in [1.82, 2.24) is 15.3 Å². The molecule has 0 fully saturated rings. The van der Waals surface area contributed by atoms with Crippen molar-refractivity contribution in [3.63, 3.8) is 0 Å². The van der Waals surface area contributed by atoms with Gasteiger partial charge in [-0.1, -0.05) is 43.3 Å². The minimum Gasteiger partial charge on any atom is -0.308 e. The number of anilines is 1. The summed E-state index contributed by atoms with van der Waals surface area (Å²) in [6.45, 7) is 3.64. The van der Waals surface area contributed by atoms with E-state index < -0.39 is 17.2 Å². The van der Waals surface area contributed by atoms with Gasteiger partial charge in [-0.05, 0) is 25.5 Å². The van der Waals surface area contributed by atoms with E-state index in [-0.39, 0.29) is 5.56 Å². The highest BCUT2D eigenvalue weighted by Gasteiger charge is 2.18. The average molecular weight is 360 g/mol. The Labute approximate surface area is 149 Å². The first-order valence-electron chi connectivity index (χ1n) is 7.91. The quantitative estimate of drug-likeness (QED) is 0.542. The normalized spacial score (nSPS) is 11.6. The van der Waals surface area contributed by atoms with Crippen LogP contribution < -0.4 is 16.2 Å². The number of amides is 3. The number of aromatic amines is 1. The smallest absolute Gasteiger partial charge is 0.308 e. The van der Waals surface area contributed by atoms with Crippen LogP contribution in [0.15, 0.2) is 46.3 Å². The molecule has 0 aliphatic carbocycles. The maximum atomic E-state index is 12.1. The third kappa shape index (κ3) is 6.07. The van der Waals surface area contributed by atoms with Crippen LogP contribution >= 0.6 is 11.8 Å². The Morgan fingerprint density at radius 1 is 1.28 bits per heavy atom. The number of hydrogen-bond donors (Lipinski definition) is 3. The van der Waals surface area contributed by atoms with Crippen LogP contribution in [0, 0.1) is 0 Å². The molecule has 1 aromatic carbocycles. The molecule has 1 heterocycles. The third-order valence-corrected chi connectivity index (χ3v) is 4.19. The van der Waals surface area contributed by atoms with Gasteiger partial charge in [0.1, 0.15) is 0 Å². The molecule has 2 rings (SSSR count). The molecule has 0 aliphatic rings. The maximum Gasteiger partial charge on any atom is 0.325 e. The lowest BCUT2D eigenvalue weighted by Gasteiger charge is -2.11. The first kappa shape index (κ1) is 18.7. The largest absolute Gasteiger partial charge is 0.325 e. The van der Waals surface area contributed by atoms with Crippen molar-refractivity contribution in [1.29, 1.82) is 0 Å². The van der Waals surface area contributed by atoms with Gasteiger partial charge in [0.15, 0.2) is 5.16 Å². The number of thioether (sulfide) groups is 1. The molecule has 1 atom stereocenters. The molecule has 2 aromatic rings. The number of carbonyl (C=O) groups excluding carboxylic acids is 2. The Morgan fingerprint density at radius 2 is 2.00 bits per heavy atom. The number of benzene rings is 1. The zero-order valence-electron chi connectivity index (χ0n) is 14.0. The molecule has 3 N–H and O–H groups in total. The maximum absolute atomic E-state index is 12.1. The van der Waals surface area contributed by atoms with E-state index in [9.17, 15) is 14.4 Å². The first-order chi connectivity index (χ1) is 12.0. The molecule has 1 aromatic heterocycles. The summed E-state index contributed by atoms with van der Waals surface area (Å²) in [7, 11) is 0. The molecule has 0 radical (unpaired) electrons. The Balaban J connectivity index is 1.93. The number of aromatic nitrogens is 2. The van der Waals surface area contributed by atoms with E-state index in [0.717, 1.165) is 18.2 Å². The second kappa shape index (κ2) is 9.03. The minimum atomic E-state index is -0.607. The zero-order chi connectivity index (χ0) is 18.2. The third-order valence-electron chi connectivity index (χ3n) is 3.21. The molecular formula is C17H20N4O3S. The number of hydrogen-bond acceptors (Lipinski definition) is 5. The average Bonchev–Trinajstić information content (AvgIpc) is 2.55. The molecular weight excluding hydrogens is 340 g/mol. The van der Waals surface area contributed by atoms with E-state index in [1.54, 1.807) is 31.2 Å². The number of carbonyl (C=O) groups is 2. The highest BCUT2D eigenvalue weighted by Crippen LogP contribution is 2.18. The van der Waals surface area contributed by atoms with Crippen LogP contribution in [-0.2, 0) is 11.2 Å². The first-order valence-corrected chi connectivity index (χ1v) is 8.79. The monoisotopic (exact) mass is 360 g/mol. The molecule has 25 heavy (non-hydrogen) atoms. The SMILES string of the molecule is CCCc1cc(=O)[nH]c(S[C@@H](C)C(=O)NC(=O)Nc2ccccc2)n1. The second-order valence-electron chi connectivity index (χ2n) is 5.36. The number of nitrogens with one attached hydrogen (secondary N) is 3. The summed E-state index contributed by atoms with van der Waals surface area (Å²) >= 11 is 1.10. The zero-order valence-corrected chi connectivity index (χ0v) is 14.9. The molecule has 0 saturated carbocycles. The summed E-state index contributed by atoms with van der Waals surface area (Å²) in [5, 5.41) is 4.61. The fourth-order valence-electron chi connectivity index (χ4n) is 2.04. The second-order valence-corrected chi connectivity index (χ2v) is 6.69. The van der Waals surface area contributed by atoms with Crippen molar-refractivity contribution in [3.8, 4) is 0 Å². The Kier molecular flexibility index (Phi) is 6.76. The standard InChI is InChI=1S/C17H20N4O3S/c1-3-7-13-10-14(22)20-17(19-13)25-11(2)15(23)21-16(24)18-12-8-5-4-6-9-12/h4-6,8-11H,3,7H2,1-2H3,(H,19,20,22)(H2,18,21,23,24)/t11-/m0/s1. The van der Waals surface area contributed by atoms with Gasteiger partial charge >= 0.3 is 6.03 Å². The molecule has 0 spiro atoms. The Bertz CT molecular complexity index is 792. The molecule has 0 unspecified atom stereocenters. The summed E-state index contributed by atoms with van der Waals surface area (Å²) < 4.78 is 0. The predicted octanol–water partition coefficient (Wildman–Crippen LogP) is 2.55. The molecule has 0 aliphatic heterocycles. The van der Waals surface area contributed by atoms with Crippen molar-refractivity contribution in [2.45, 2.75) is 37.1 Å². The van der Waals surface area contributed by atoms with Crippen molar-refractivity contribution < 1.29 is 9.59 Å². The summed E-state index contributed by atoms with van der Waals surface area (Å²) in [5.41, 5.74) is 1.02. The fraction of sp³-hybridized carbons (Fsp3) is 0.294. The summed E-state index contributed by atoms with van der Waals surface area (Å²) in [6.07, 6.45) is 1.56. The van der Waals surface area contributed by atoms with Crippen LogP contribution in [0.3, 0.4) is 0 Å². The molecule has 132 valence electrons. The lowest BCUT2D eigenvalue weighted by atomic mass is 10.2. The van der Waals surface area contributed by atoms with E-state index in [4.69, 9.17) is 0 Å². The van der Waals surface area contributed by atoms with Crippen LogP contribution in [0.1, 0.15) is 26.0 Å². The van der Waals surface area contributed by atoms with Gasteiger partial charge in [-0.25, -0.2) is 9.78 Å². The summed E-state index contributed by atoms with van der Waals surface area (Å²) in [5.74, 6) is -0.470. The summed E-state index contributed by atoms with van der Waals surface area (Å²) in [6, 6.07) is 9.66. The van der Waals surface area contributed by atoms with Gasteiger partial charge in [0.2, 0.25) is 5.91 Å². The van der Waals surface area contributed by atoms with Crippen LogP contribution in [-0.4, -0.2) is 27.2 Å². The molecule has 3 amide bonds. The Hall–Kier alpha value is -2.61. The highest BCUT2D eigenvalue weighted by molar-refractivity contribution is 8.00. The molecule has 7 nitrogen and oxygen atoms in total. The van der Waals surface area contributed by atoms with E-state index in [0.29, 0.717) is 23.0 Å². The van der Waals surface area contributed by atoms with Crippen LogP contribution in [0.5, 0.6) is 0 Å². The molecule has 8 heteroatoms. The number of urea groups is 1. The number of H-pyrrole nitrogens is 1. The van der Waals surface area contributed by atoms with Gasteiger partial charge in [-0.15, -0.1) is 0 Å². The lowest BCUT2D eigenvalue weighted by Crippen LogP contribution is -2.39. The van der Waals surface area contributed by atoms with Crippen molar-refractivity contribution in [2.75, 3.05) is 5.32 Å². The number of nitrogens with zero attached hydrogens (tertiary/aromatic N) is 1. The topological polar surface area (TPSA) is 104 Å². The van der Waals surface area contributed by atoms with Gasteiger partial charge in [-0.3, -0.25) is 14.9 Å². The van der Waals surface area contributed by atoms with Crippen molar-refractivity contribution in [3.05, 3.63) is 52.4 Å². The molecule has 0 saturated heterocycles. The van der Waals surface area contributed by atoms with E-state index in [2.05, 4.69) is 20.6 Å². The summed E-state index contributed by atoms with van der Waals surface area (Å²) in [4.78, 5) is 42.5. The number of para-hydroxylation sites is 1. The number of imide groups is 1. The van der Waals surface area contributed by atoms with Crippen molar-refractivity contribution >= 4 is 29.4 Å². The van der Waals surface area contributed by atoms with E-state index >= 15 is 0 Å². The lowest BCUT2D eigenvalue weighted by molar-refractivity contribution is -0.119. The number of aryl methyl sites for hydroxylation is 1. The molecule has 0 bridgehead atoms. The van der Waals surface area contributed by atoms with Gasteiger partial charge in [-0.2, -0.15) is 0 Å². The Morgan fingerprint density at radius 3 is 2.68 bits per heavy atom. The van der Waals surface area contributed by atoms with Gasteiger partial charge < -0.3 is 10.3 Å². The van der Waals surface area contributed by atoms with Crippen LogP contribution in [0.2, 0.25) is 0 Å². The van der Waals surface area contributed by atoms with Gasteiger partial charge in [0.05, 0.1) is 5.25 Å². The number of rotatable bonds is 6. The fourth-order valence-corrected chi connectivity index (χ4v) is 2.87. The van der Waals surface area contributed by atoms with E-state index in [1.807, 2.05) is 13.0 Å². The van der Waals surface area contributed by atoms with E-state index in [1.165, 1.54) is 6.07 Å². The minimum absolute atomic E-state index is 0.254.